The van der Waals surface area contributed by atoms with Crippen molar-refractivity contribution in [3.05, 3.63) is 71.4 Å². The van der Waals surface area contributed by atoms with Crippen molar-refractivity contribution in [1.29, 1.82) is 0 Å². The van der Waals surface area contributed by atoms with Crippen molar-refractivity contribution < 1.29 is 9.90 Å². The van der Waals surface area contributed by atoms with Crippen molar-refractivity contribution in [3.8, 4) is 5.75 Å². The number of nitrogens with zero attached hydrogens (tertiary/aromatic N) is 3. The van der Waals surface area contributed by atoms with Gasteiger partial charge in [-0.15, -0.1) is 6.58 Å². The van der Waals surface area contributed by atoms with Gasteiger partial charge in [-0.1, -0.05) is 30.3 Å². The number of H-pyrrole nitrogens is 1. The highest BCUT2D eigenvalue weighted by molar-refractivity contribution is 6.08. The number of aromatic hydroxyl groups is 1. The van der Waals surface area contributed by atoms with Gasteiger partial charge < -0.3 is 15.4 Å². The standard InChI is InChI=1S/C35H43N5O2/c1-4-21-20-40-17-14-35(25-11-12-29(41)31(33(25)37-34(35)42)27-10-7-15-38(27)2)30(40)19-22(21)18-28-32-24(13-16-39(28)3)23-8-5-6-9-26(23)36-32/h4-6,8-9,11-12,21-22,27-28,30,36,41H,1,7,10,13-20H2,2-3H3,(H,37,42)/t21-,22-,27+,28-,30-,35?/m0/s1. The fourth-order valence-electron chi connectivity index (χ4n) is 9.62. The van der Waals surface area contributed by atoms with Gasteiger partial charge in [0.05, 0.1) is 17.1 Å². The predicted octanol–water partition coefficient (Wildman–Crippen LogP) is 5.35. The van der Waals surface area contributed by atoms with Crippen LogP contribution in [0.4, 0.5) is 5.69 Å². The Morgan fingerprint density at radius 2 is 1.98 bits per heavy atom. The van der Waals surface area contributed by atoms with Crippen molar-refractivity contribution in [1.82, 2.24) is 19.7 Å². The number of aromatic amines is 1. The quantitative estimate of drug-likeness (QED) is 0.372. The number of hydrogen-bond donors (Lipinski definition) is 3. The van der Waals surface area contributed by atoms with E-state index in [2.05, 4.69) is 76.0 Å². The number of nitrogens with one attached hydrogen (secondary N) is 2. The minimum atomic E-state index is -0.565. The summed E-state index contributed by atoms with van der Waals surface area (Å²) in [6.45, 7) is 8.24. The summed E-state index contributed by atoms with van der Waals surface area (Å²) in [4.78, 5) is 25.4. The van der Waals surface area contributed by atoms with Crippen molar-refractivity contribution >= 4 is 22.5 Å². The SMILES string of the molecule is C=C[C@H]1CN2CCC3(C(=O)Nc4c3ccc(O)c4[C@H]3CCCN3C)[C@@H]2C[C@@H]1C[C@H]1c2[nH]c3ccccc3c2CCN1C. The van der Waals surface area contributed by atoms with Gasteiger partial charge in [-0.3, -0.25) is 19.5 Å². The molecule has 2 aromatic carbocycles. The highest BCUT2D eigenvalue weighted by Gasteiger charge is 2.60. The van der Waals surface area contributed by atoms with Crippen LogP contribution < -0.4 is 5.32 Å². The number of phenols is 1. The summed E-state index contributed by atoms with van der Waals surface area (Å²) >= 11 is 0. The van der Waals surface area contributed by atoms with Crippen LogP contribution in [0.25, 0.3) is 10.9 Å². The molecule has 5 aliphatic heterocycles. The van der Waals surface area contributed by atoms with Crippen molar-refractivity contribution in [3.63, 3.8) is 0 Å². The number of likely N-dealkylation sites (tertiary alicyclic amines) is 1. The molecule has 6 heterocycles. The van der Waals surface area contributed by atoms with Crippen LogP contribution in [0, 0.1) is 11.8 Å². The summed E-state index contributed by atoms with van der Waals surface area (Å²) in [6.07, 6.45) is 8.22. The van der Waals surface area contributed by atoms with E-state index >= 15 is 0 Å². The average molecular weight is 566 g/mol. The number of fused-ring (bicyclic) bond motifs is 7. The average Bonchev–Trinajstić information content (AvgIpc) is 3.75. The zero-order valence-corrected chi connectivity index (χ0v) is 24.9. The van der Waals surface area contributed by atoms with E-state index in [0.717, 1.165) is 81.5 Å². The molecule has 3 aromatic rings. The lowest BCUT2D eigenvalue weighted by atomic mass is 9.67. The molecular formula is C35H43N5O2. The van der Waals surface area contributed by atoms with Crippen LogP contribution in [0.15, 0.2) is 49.1 Å². The third kappa shape index (κ3) is 3.66. The van der Waals surface area contributed by atoms with Crippen LogP contribution in [0.1, 0.15) is 66.6 Å². The smallest absolute Gasteiger partial charge is 0.236 e. The molecule has 0 aliphatic carbocycles. The van der Waals surface area contributed by atoms with Gasteiger partial charge in [-0.05, 0) is 101 Å². The minimum absolute atomic E-state index is 0.126. The first-order valence-corrected chi connectivity index (χ1v) is 15.9. The molecule has 1 unspecified atom stereocenters. The van der Waals surface area contributed by atoms with E-state index in [0.29, 0.717) is 23.6 Å². The van der Waals surface area contributed by atoms with Gasteiger partial charge in [0.1, 0.15) is 5.75 Å². The number of anilines is 1. The summed E-state index contributed by atoms with van der Waals surface area (Å²) in [6, 6.07) is 13.2. The van der Waals surface area contributed by atoms with E-state index < -0.39 is 5.41 Å². The van der Waals surface area contributed by atoms with Gasteiger partial charge in [0.2, 0.25) is 5.91 Å². The Balaban J connectivity index is 1.15. The Morgan fingerprint density at radius 1 is 1.12 bits per heavy atom. The number of piperidine rings is 1. The third-order valence-corrected chi connectivity index (χ3v) is 11.8. The molecule has 220 valence electrons. The van der Waals surface area contributed by atoms with Crippen LogP contribution in [0.3, 0.4) is 0 Å². The Morgan fingerprint density at radius 3 is 2.79 bits per heavy atom. The zero-order chi connectivity index (χ0) is 28.7. The van der Waals surface area contributed by atoms with E-state index in [1.165, 1.54) is 22.2 Å². The van der Waals surface area contributed by atoms with E-state index in [-0.39, 0.29) is 18.0 Å². The molecule has 1 aromatic heterocycles. The van der Waals surface area contributed by atoms with Crippen LogP contribution in [-0.2, 0) is 16.6 Å². The molecule has 6 atom stereocenters. The number of likely N-dealkylation sites (N-methyl/N-ethyl adjacent to an activating group) is 1. The number of aromatic nitrogens is 1. The van der Waals surface area contributed by atoms with E-state index in [1.54, 1.807) is 0 Å². The second-order valence-electron chi connectivity index (χ2n) is 13.7. The van der Waals surface area contributed by atoms with Crippen LogP contribution in [-0.4, -0.2) is 77.0 Å². The zero-order valence-electron chi connectivity index (χ0n) is 24.9. The number of amides is 1. The number of carbonyl (C=O) groups is 1. The first-order valence-electron chi connectivity index (χ1n) is 15.9. The Kier molecular flexibility index (Phi) is 6.12. The first kappa shape index (κ1) is 26.5. The fourth-order valence-corrected chi connectivity index (χ4v) is 9.62. The fraction of sp³-hybridized carbons (Fsp3) is 0.514. The van der Waals surface area contributed by atoms with Crippen LogP contribution in [0.5, 0.6) is 5.75 Å². The molecule has 1 spiro atoms. The summed E-state index contributed by atoms with van der Waals surface area (Å²) in [5.74, 6) is 1.26. The molecule has 0 bridgehead atoms. The van der Waals surface area contributed by atoms with Gasteiger partial charge in [0, 0.05) is 47.3 Å². The van der Waals surface area contributed by atoms with Gasteiger partial charge in [0.25, 0.3) is 0 Å². The lowest BCUT2D eigenvalue weighted by molar-refractivity contribution is -0.122. The number of phenolic OH excluding ortho intramolecular Hbond substituents is 1. The van der Waals surface area contributed by atoms with E-state index in [4.69, 9.17) is 0 Å². The Bertz CT molecular complexity index is 1580. The lowest BCUT2D eigenvalue weighted by Gasteiger charge is -2.46. The number of carbonyl (C=O) groups excluding carboxylic acids is 1. The monoisotopic (exact) mass is 565 g/mol. The molecule has 0 saturated carbocycles. The maximum Gasteiger partial charge on any atom is 0.236 e. The summed E-state index contributed by atoms with van der Waals surface area (Å²) in [5.41, 5.74) is 6.44. The van der Waals surface area contributed by atoms with Crippen molar-refractivity contribution in [2.24, 2.45) is 11.8 Å². The molecule has 3 fully saturated rings. The Labute approximate surface area is 248 Å². The molecule has 7 nitrogen and oxygen atoms in total. The molecule has 8 rings (SSSR count). The highest BCUT2D eigenvalue weighted by atomic mass is 16.3. The minimum Gasteiger partial charge on any atom is -0.508 e. The third-order valence-electron chi connectivity index (χ3n) is 11.8. The molecule has 0 radical (unpaired) electrons. The number of hydrogen-bond acceptors (Lipinski definition) is 5. The molecular weight excluding hydrogens is 522 g/mol. The van der Waals surface area contributed by atoms with E-state index in [1.807, 2.05) is 12.1 Å². The Hall–Kier alpha value is -3.13. The van der Waals surface area contributed by atoms with Crippen LogP contribution >= 0.6 is 0 Å². The second kappa shape index (κ2) is 9.69. The van der Waals surface area contributed by atoms with E-state index in [9.17, 15) is 9.90 Å². The number of benzene rings is 2. The largest absolute Gasteiger partial charge is 0.508 e. The molecule has 3 N–H and O–H groups in total. The molecule has 7 heteroatoms. The predicted molar refractivity (Wildman–Crippen MR) is 167 cm³/mol. The highest BCUT2D eigenvalue weighted by Crippen LogP contribution is 2.56. The van der Waals surface area contributed by atoms with Gasteiger partial charge in [0.15, 0.2) is 0 Å². The topological polar surface area (TPSA) is 74.8 Å². The second-order valence-corrected chi connectivity index (χ2v) is 13.7. The lowest BCUT2D eigenvalue weighted by Crippen LogP contribution is -2.53. The number of rotatable bonds is 4. The van der Waals surface area contributed by atoms with Gasteiger partial charge in [-0.25, -0.2) is 0 Å². The van der Waals surface area contributed by atoms with Crippen molar-refractivity contribution in [2.45, 2.75) is 62.1 Å². The number of para-hydroxylation sites is 1. The summed E-state index contributed by atoms with van der Waals surface area (Å²) in [7, 11) is 4.39. The van der Waals surface area contributed by atoms with Crippen LogP contribution in [0.2, 0.25) is 0 Å². The van der Waals surface area contributed by atoms with Gasteiger partial charge >= 0.3 is 0 Å². The summed E-state index contributed by atoms with van der Waals surface area (Å²) < 4.78 is 0. The first-order chi connectivity index (χ1) is 20.4. The maximum atomic E-state index is 14.2. The normalized spacial score (nSPS) is 33.2. The summed E-state index contributed by atoms with van der Waals surface area (Å²) in [5, 5.41) is 15.7. The molecule has 3 saturated heterocycles. The molecule has 5 aliphatic rings. The maximum absolute atomic E-state index is 14.2. The van der Waals surface area contributed by atoms with Gasteiger partial charge in [-0.2, -0.15) is 0 Å². The van der Waals surface area contributed by atoms with Crippen molar-refractivity contribution in [2.75, 3.05) is 45.6 Å². The molecule has 1 amide bonds. The molecule has 42 heavy (non-hydrogen) atoms.